The summed E-state index contributed by atoms with van der Waals surface area (Å²) in [6, 6.07) is 9.73. The summed E-state index contributed by atoms with van der Waals surface area (Å²) in [5.41, 5.74) is 2.84. The van der Waals surface area contributed by atoms with Gasteiger partial charge in [0.2, 0.25) is 0 Å². The van der Waals surface area contributed by atoms with Gasteiger partial charge in [-0.15, -0.1) is 0 Å². The number of rotatable bonds is 2. The van der Waals surface area contributed by atoms with E-state index in [-0.39, 0.29) is 0 Å². The molecule has 1 aromatic rings. The van der Waals surface area contributed by atoms with Crippen LogP contribution >= 0.6 is 0 Å². The largest absolute Gasteiger partial charge is 0.303 e. The second-order valence-corrected chi connectivity index (χ2v) is 4.47. The van der Waals surface area contributed by atoms with Crippen LogP contribution in [0.4, 0.5) is 0 Å². The first kappa shape index (κ1) is 9.72. The van der Waals surface area contributed by atoms with Crippen LogP contribution in [0, 0.1) is 6.92 Å². The Morgan fingerprint density at radius 1 is 1.29 bits per heavy atom. The van der Waals surface area contributed by atoms with Crippen LogP contribution in [0.15, 0.2) is 24.3 Å². The molecule has 1 aliphatic heterocycles. The molecule has 1 saturated heterocycles. The molecule has 1 heteroatoms. The van der Waals surface area contributed by atoms with Crippen molar-refractivity contribution in [1.29, 1.82) is 0 Å². The molecule has 1 nitrogen and oxygen atoms in total. The molecule has 0 N–H and O–H groups in total. The monoisotopic (exact) mass is 189 g/mol. The van der Waals surface area contributed by atoms with Gasteiger partial charge in [-0.2, -0.15) is 0 Å². The summed E-state index contributed by atoms with van der Waals surface area (Å²) in [5.74, 6) is 0. The van der Waals surface area contributed by atoms with E-state index in [1.54, 1.807) is 0 Å². The molecule has 1 fully saturated rings. The Balaban J connectivity index is 2.00. The van der Waals surface area contributed by atoms with Crippen molar-refractivity contribution in [3.8, 4) is 0 Å². The van der Waals surface area contributed by atoms with Crippen molar-refractivity contribution < 1.29 is 0 Å². The van der Waals surface area contributed by atoms with Crippen molar-refractivity contribution in [1.82, 2.24) is 4.90 Å². The van der Waals surface area contributed by atoms with Gasteiger partial charge in [0.25, 0.3) is 0 Å². The fraction of sp³-hybridized carbons (Fsp3) is 0.538. The predicted octanol–water partition coefficient (Wildman–Crippen LogP) is 2.63. The van der Waals surface area contributed by atoms with Crippen LogP contribution in [0.2, 0.25) is 0 Å². The standard InChI is InChI=1S/C13H19N/c1-11-5-7-12(8-6-11)10-13-4-3-9-14(13)2/h5-8,13H,3-4,9-10H2,1-2H3. The van der Waals surface area contributed by atoms with E-state index in [2.05, 4.69) is 43.1 Å². The highest BCUT2D eigenvalue weighted by atomic mass is 15.1. The lowest BCUT2D eigenvalue weighted by Gasteiger charge is -2.19. The molecule has 76 valence electrons. The van der Waals surface area contributed by atoms with E-state index in [0.29, 0.717) is 0 Å². The van der Waals surface area contributed by atoms with Crippen molar-refractivity contribution >= 4 is 0 Å². The molecule has 0 aliphatic carbocycles. The van der Waals surface area contributed by atoms with Crippen molar-refractivity contribution in [3.05, 3.63) is 35.4 Å². The van der Waals surface area contributed by atoms with Crippen LogP contribution in [0.3, 0.4) is 0 Å². The highest BCUT2D eigenvalue weighted by molar-refractivity contribution is 5.22. The summed E-state index contributed by atoms with van der Waals surface area (Å²) in [5, 5.41) is 0. The number of likely N-dealkylation sites (N-methyl/N-ethyl adjacent to an activating group) is 1. The van der Waals surface area contributed by atoms with E-state index in [1.165, 1.54) is 36.9 Å². The highest BCUT2D eigenvalue weighted by Crippen LogP contribution is 2.19. The predicted molar refractivity (Wildman–Crippen MR) is 60.5 cm³/mol. The molecule has 0 bridgehead atoms. The van der Waals surface area contributed by atoms with Crippen LogP contribution in [0.1, 0.15) is 24.0 Å². The summed E-state index contributed by atoms with van der Waals surface area (Å²) in [6.07, 6.45) is 3.95. The normalized spacial score (nSPS) is 22.9. The molecule has 14 heavy (non-hydrogen) atoms. The number of likely N-dealkylation sites (tertiary alicyclic amines) is 1. The average molecular weight is 189 g/mol. The van der Waals surface area contributed by atoms with Gasteiger partial charge in [0, 0.05) is 6.04 Å². The van der Waals surface area contributed by atoms with Crippen molar-refractivity contribution in [2.45, 2.75) is 32.2 Å². The first-order valence-corrected chi connectivity index (χ1v) is 5.51. The van der Waals surface area contributed by atoms with E-state index >= 15 is 0 Å². The Kier molecular flexibility index (Phi) is 2.87. The quantitative estimate of drug-likeness (QED) is 0.691. The van der Waals surface area contributed by atoms with Gasteiger partial charge >= 0.3 is 0 Å². The van der Waals surface area contributed by atoms with Gasteiger partial charge < -0.3 is 4.90 Å². The lowest BCUT2D eigenvalue weighted by atomic mass is 10.0. The van der Waals surface area contributed by atoms with Gasteiger partial charge in [0.15, 0.2) is 0 Å². The smallest absolute Gasteiger partial charge is 0.0133 e. The van der Waals surface area contributed by atoms with Crippen LogP contribution in [-0.4, -0.2) is 24.5 Å². The molecule has 0 radical (unpaired) electrons. The van der Waals surface area contributed by atoms with Crippen LogP contribution < -0.4 is 0 Å². The van der Waals surface area contributed by atoms with Gasteiger partial charge in [-0.1, -0.05) is 29.8 Å². The summed E-state index contributed by atoms with van der Waals surface area (Å²) in [4.78, 5) is 2.49. The van der Waals surface area contributed by atoms with E-state index in [0.717, 1.165) is 6.04 Å². The fourth-order valence-electron chi connectivity index (χ4n) is 2.23. The minimum atomic E-state index is 0.776. The first-order valence-electron chi connectivity index (χ1n) is 5.51. The zero-order chi connectivity index (χ0) is 9.97. The van der Waals surface area contributed by atoms with Crippen molar-refractivity contribution in [2.24, 2.45) is 0 Å². The molecule has 0 spiro atoms. The molecule has 0 aromatic heterocycles. The van der Waals surface area contributed by atoms with Gasteiger partial charge in [0.05, 0.1) is 0 Å². The van der Waals surface area contributed by atoms with Crippen molar-refractivity contribution in [3.63, 3.8) is 0 Å². The first-order chi connectivity index (χ1) is 6.75. The van der Waals surface area contributed by atoms with E-state index < -0.39 is 0 Å². The third kappa shape index (κ3) is 2.16. The number of hydrogen-bond donors (Lipinski definition) is 0. The SMILES string of the molecule is Cc1ccc(CC2CCCN2C)cc1. The maximum atomic E-state index is 2.49. The number of hydrogen-bond acceptors (Lipinski definition) is 1. The maximum absolute atomic E-state index is 2.49. The van der Waals surface area contributed by atoms with Gasteiger partial charge in [-0.05, 0) is 45.3 Å². The van der Waals surface area contributed by atoms with Crippen molar-refractivity contribution in [2.75, 3.05) is 13.6 Å². The van der Waals surface area contributed by atoms with Crippen LogP contribution in [0.5, 0.6) is 0 Å². The molecule has 2 rings (SSSR count). The number of benzene rings is 1. The zero-order valence-corrected chi connectivity index (χ0v) is 9.16. The van der Waals surface area contributed by atoms with Crippen LogP contribution in [0.25, 0.3) is 0 Å². The third-order valence-corrected chi connectivity index (χ3v) is 3.26. The second-order valence-electron chi connectivity index (χ2n) is 4.47. The highest BCUT2D eigenvalue weighted by Gasteiger charge is 2.20. The Morgan fingerprint density at radius 3 is 2.57 bits per heavy atom. The molecule has 1 atom stereocenters. The van der Waals surface area contributed by atoms with E-state index in [1.807, 2.05) is 0 Å². The molecular formula is C13H19N. The minimum absolute atomic E-state index is 0.776. The Morgan fingerprint density at radius 2 is 2.00 bits per heavy atom. The lowest BCUT2D eigenvalue weighted by molar-refractivity contribution is 0.309. The molecule has 0 saturated carbocycles. The zero-order valence-electron chi connectivity index (χ0n) is 9.16. The summed E-state index contributed by atoms with van der Waals surface area (Å²) in [6.45, 7) is 3.42. The fourth-order valence-corrected chi connectivity index (χ4v) is 2.23. The number of aryl methyl sites for hydroxylation is 1. The average Bonchev–Trinajstić information content (AvgIpc) is 2.56. The Bertz CT molecular complexity index is 289. The Labute approximate surface area is 86.7 Å². The summed E-state index contributed by atoms with van der Waals surface area (Å²) < 4.78 is 0. The van der Waals surface area contributed by atoms with E-state index in [9.17, 15) is 0 Å². The molecule has 1 aliphatic rings. The molecule has 1 unspecified atom stereocenters. The van der Waals surface area contributed by atoms with Crippen LogP contribution in [-0.2, 0) is 6.42 Å². The van der Waals surface area contributed by atoms with E-state index in [4.69, 9.17) is 0 Å². The van der Waals surface area contributed by atoms with Gasteiger partial charge in [0.1, 0.15) is 0 Å². The summed E-state index contributed by atoms with van der Waals surface area (Å²) >= 11 is 0. The third-order valence-electron chi connectivity index (χ3n) is 3.26. The lowest BCUT2D eigenvalue weighted by Crippen LogP contribution is -2.26. The molecule has 0 amide bonds. The molecular weight excluding hydrogens is 170 g/mol. The van der Waals surface area contributed by atoms with Gasteiger partial charge in [-0.3, -0.25) is 0 Å². The topological polar surface area (TPSA) is 3.24 Å². The second kappa shape index (κ2) is 4.14. The Hall–Kier alpha value is -0.820. The summed E-state index contributed by atoms with van der Waals surface area (Å²) in [7, 11) is 2.24. The molecule has 1 aromatic carbocycles. The minimum Gasteiger partial charge on any atom is -0.303 e. The number of nitrogens with zero attached hydrogens (tertiary/aromatic N) is 1. The maximum Gasteiger partial charge on any atom is 0.0133 e. The molecule has 1 heterocycles. The van der Waals surface area contributed by atoms with Gasteiger partial charge in [-0.25, -0.2) is 0 Å².